The second-order valence-corrected chi connectivity index (χ2v) is 17.9. The van der Waals surface area contributed by atoms with Gasteiger partial charge in [0.1, 0.15) is 17.0 Å². The van der Waals surface area contributed by atoms with Gasteiger partial charge in [-0.2, -0.15) is 0 Å². The van der Waals surface area contributed by atoms with Crippen LogP contribution in [0, 0.1) is 29.7 Å². The first-order valence-corrected chi connectivity index (χ1v) is 20.7. The van der Waals surface area contributed by atoms with Gasteiger partial charge in [0.25, 0.3) is 0 Å². The first-order chi connectivity index (χ1) is 25.5. The average molecular weight is 935 g/mol. The van der Waals surface area contributed by atoms with E-state index < -0.39 is 0 Å². The first-order valence-electron chi connectivity index (χ1n) is 19.8. The van der Waals surface area contributed by atoms with Gasteiger partial charge in [-0.3, -0.25) is 9.78 Å². The summed E-state index contributed by atoms with van der Waals surface area (Å²) in [6.07, 6.45) is 5.83. The van der Waals surface area contributed by atoms with E-state index in [1.165, 1.54) is 38.2 Å². The summed E-state index contributed by atoms with van der Waals surface area (Å²) in [4.78, 5) is 17.3. The van der Waals surface area contributed by atoms with E-state index in [4.69, 9.17) is 9.40 Å². The van der Waals surface area contributed by atoms with Gasteiger partial charge < -0.3 is 9.52 Å². The Hall–Kier alpha value is -3.57. The molecule has 0 aliphatic carbocycles. The summed E-state index contributed by atoms with van der Waals surface area (Å²) >= 11 is 1.83. The molecule has 0 saturated carbocycles. The van der Waals surface area contributed by atoms with Crippen LogP contribution in [0.1, 0.15) is 119 Å². The molecule has 6 heteroatoms. The minimum atomic E-state index is -0.337. The minimum absolute atomic E-state index is 0. The molecule has 3 heterocycles. The smallest absolute Gasteiger partial charge is 0.164 e. The Bertz CT molecular complexity index is 2290. The minimum Gasteiger partial charge on any atom is -0.512 e. The predicted molar refractivity (Wildman–Crippen MR) is 232 cm³/mol. The van der Waals surface area contributed by atoms with Crippen LogP contribution in [0.3, 0.4) is 0 Å². The number of carbonyl (C=O) groups is 1. The van der Waals surface area contributed by atoms with Crippen molar-refractivity contribution in [3.63, 3.8) is 0 Å². The molecule has 0 unspecified atom stereocenters. The molecule has 295 valence electrons. The molecule has 1 N–H and O–H groups in total. The van der Waals surface area contributed by atoms with Crippen LogP contribution in [0.4, 0.5) is 0 Å². The molecule has 0 aliphatic heterocycles. The molecule has 0 spiro atoms. The SMILES string of the molecule is CCC(C)(CC)C(=O)/C=C(\O)C(C)(CC)CC.Cc1cc2nc(-c3[c-]c4ccccc4c(C(C)(C)C)c3)cc(-c3ccc(CC(C)C)c4sccc34)c2o1.[Ir]. The summed E-state index contributed by atoms with van der Waals surface area (Å²) in [7, 11) is 0. The molecular weight excluding hydrogens is 875 g/mol. The molecule has 1 radical (unpaired) electrons. The van der Waals surface area contributed by atoms with E-state index in [1.54, 1.807) is 0 Å². The number of carbonyl (C=O) groups excluding carboxylic acids is 1. The van der Waals surface area contributed by atoms with Gasteiger partial charge in [0.2, 0.25) is 0 Å². The van der Waals surface area contributed by atoms with E-state index in [1.807, 2.05) is 65.9 Å². The summed E-state index contributed by atoms with van der Waals surface area (Å²) in [6, 6.07) is 25.6. The topological polar surface area (TPSA) is 63.3 Å². The predicted octanol–water partition coefficient (Wildman–Crippen LogP) is 14.8. The van der Waals surface area contributed by atoms with Crippen LogP contribution in [-0.2, 0) is 36.7 Å². The molecule has 0 fully saturated rings. The summed E-state index contributed by atoms with van der Waals surface area (Å²) in [6.45, 7) is 25.5. The first kappa shape index (κ1) is 44.1. The number of pyridine rings is 1. The Morgan fingerprint density at radius 2 is 1.53 bits per heavy atom. The monoisotopic (exact) mass is 935 g/mol. The zero-order valence-corrected chi connectivity index (χ0v) is 38.2. The zero-order valence-electron chi connectivity index (χ0n) is 35.0. The summed E-state index contributed by atoms with van der Waals surface area (Å²) in [5.74, 6) is 1.77. The number of nitrogens with zero attached hydrogens (tertiary/aromatic N) is 1. The third-order valence-electron chi connectivity index (χ3n) is 11.7. The van der Waals surface area contributed by atoms with Crippen molar-refractivity contribution in [1.82, 2.24) is 4.98 Å². The van der Waals surface area contributed by atoms with E-state index >= 15 is 0 Å². The molecule has 3 aromatic carbocycles. The summed E-state index contributed by atoms with van der Waals surface area (Å²) in [5.41, 5.74) is 8.09. The molecular formula is C49H60IrNO3S-. The van der Waals surface area contributed by atoms with E-state index in [0.29, 0.717) is 5.92 Å². The third-order valence-corrected chi connectivity index (χ3v) is 12.7. The van der Waals surface area contributed by atoms with Crippen LogP contribution in [0.2, 0.25) is 0 Å². The maximum atomic E-state index is 12.2. The van der Waals surface area contributed by atoms with Crippen molar-refractivity contribution in [2.24, 2.45) is 16.7 Å². The number of furan rings is 1. The van der Waals surface area contributed by atoms with Crippen molar-refractivity contribution in [2.75, 3.05) is 0 Å². The normalized spacial score (nSPS) is 12.6. The summed E-state index contributed by atoms with van der Waals surface area (Å²) < 4.78 is 7.61. The van der Waals surface area contributed by atoms with Crippen LogP contribution in [-0.4, -0.2) is 15.9 Å². The Labute approximate surface area is 347 Å². The number of aromatic nitrogens is 1. The maximum absolute atomic E-state index is 12.2. The van der Waals surface area contributed by atoms with Crippen LogP contribution in [0.25, 0.3) is 54.3 Å². The third kappa shape index (κ3) is 9.36. The van der Waals surface area contributed by atoms with Gasteiger partial charge in [0.15, 0.2) is 11.4 Å². The number of rotatable bonds is 11. The van der Waals surface area contributed by atoms with Crippen molar-refractivity contribution >= 4 is 49.1 Å². The van der Waals surface area contributed by atoms with E-state index in [-0.39, 0.29) is 47.9 Å². The molecule has 6 rings (SSSR count). The number of thiophene rings is 1. The van der Waals surface area contributed by atoms with Crippen molar-refractivity contribution in [3.8, 4) is 22.4 Å². The molecule has 3 aromatic heterocycles. The van der Waals surface area contributed by atoms with Crippen molar-refractivity contribution in [3.05, 3.63) is 101 Å². The van der Waals surface area contributed by atoms with E-state index in [9.17, 15) is 9.90 Å². The molecule has 0 amide bonds. The molecule has 6 aromatic rings. The number of aliphatic hydroxyl groups excluding tert-OH is 1. The van der Waals surface area contributed by atoms with Gasteiger partial charge in [-0.25, -0.2) is 0 Å². The molecule has 0 bridgehead atoms. The van der Waals surface area contributed by atoms with Crippen LogP contribution in [0.5, 0.6) is 0 Å². The zero-order chi connectivity index (χ0) is 39.6. The Balaban J connectivity index is 0.000000320. The largest absolute Gasteiger partial charge is 0.512 e. The van der Waals surface area contributed by atoms with Gasteiger partial charge >= 0.3 is 0 Å². The van der Waals surface area contributed by atoms with Gasteiger partial charge in [0, 0.05) is 64.4 Å². The standard InChI is InChI=1S/C34H32NOS.C15H28O2.Ir/c1-20(2)15-23-11-12-26(27-13-14-37-33(23)27)28-19-30(35-31-16-21(3)36-32(28)31)24-17-22-9-7-8-10-25(22)29(18-24)34(4,5)6;1-7-14(5,8-2)12(16)11-13(17)15(6,9-3)10-4;/h7-14,16,18-20H,15H2,1-6H3;11,16H,7-10H2,1-6H3;/q-1;;/b;12-11-;. The van der Waals surface area contributed by atoms with Gasteiger partial charge in [0.05, 0.1) is 0 Å². The number of ketones is 1. The molecule has 0 atom stereocenters. The van der Waals surface area contributed by atoms with Crippen LogP contribution in [0.15, 0.2) is 82.3 Å². The number of hydrogen-bond donors (Lipinski definition) is 1. The number of aryl methyl sites for hydroxylation is 1. The molecule has 0 saturated heterocycles. The average Bonchev–Trinajstić information content (AvgIpc) is 3.80. The van der Waals surface area contributed by atoms with E-state index in [2.05, 4.69) is 101 Å². The number of hydrogen-bond acceptors (Lipinski definition) is 5. The van der Waals surface area contributed by atoms with Crippen molar-refractivity contribution in [2.45, 2.75) is 121 Å². The van der Waals surface area contributed by atoms with Gasteiger partial charge in [-0.15, -0.1) is 40.5 Å². The van der Waals surface area contributed by atoms with Gasteiger partial charge in [-0.1, -0.05) is 124 Å². The number of aliphatic hydroxyl groups is 1. The fourth-order valence-electron chi connectivity index (χ4n) is 7.11. The van der Waals surface area contributed by atoms with E-state index in [0.717, 1.165) is 71.2 Å². The summed E-state index contributed by atoms with van der Waals surface area (Å²) in [5, 5.41) is 16.0. The number of fused-ring (bicyclic) bond motifs is 3. The Morgan fingerprint density at radius 3 is 2.15 bits per heavy atom. The molecule has 4 nitrogen and oxygen atoms in total. The number of benzene rings is 3. The van der Waals surface area contributed by atoms with Crippen molar-refractivity contribution in [1.29, 1.82) is 0 Å². The fraction of sp³-hybridized carbons (Fsp3) is 0.429. The molecule has 0 aliphatic rings. The second kappa shape index (κ2) is 17.7. The van der Waals surface area contributed by atoms with Crippen LogP contribution < -0.4 is 0 Å². The fourth-order valence-corrected chi connectivity index (χ4v) is 8.05. The Kier molecular flexibility index (Phi) is 14.2. The number of allylic oxidation sites excluding steroid dienone is 2. The Morgan fingerprint density at radius 1 is 0.873 bits per heavy atom. The van der Waals surface area contributed by atoms with Crippen molar-refractivity contribution < 1.29 is 34.4 Å². The van der Waals surface area contributed by atoms with Crippen LogP contribution >= 0.6 is 11.3 Å². The quantitative estimate of drug-likeness (QED) is 0.0799. The molecule has 55 heavy (non-hydrogen) atoms. The maximum Gasteiger partial charge on any atom is 0.164 e. The van der Waals surface area contributed by atoms with Gasteiger partial charge in [-0.05, 0) is 72.9 Å². The second-order valence-electron chi connectivity index (χ2n) is 17.0.